The number of carbonyl (C=O) groups is 2. The Hall–Kier alpha value is -2.22. The van der Waals surface area contributed by atoms with E-state index in [1.165, 1.54) is 11.8 Å². The Morgan fingerprint density at radius 2 is 1.79 bits per heavy atom. The van der Waals surface area contributed by atoms with Gasteiger partial charge in [0.1, 0.15) is 5.75 Å². The van der Waals surface area contributed by atoms with Gasteiger partial charge < -0.3 is 19.3 Å². The van der Waals surface area contributed by atoms with E-state index in [2.05, 4.69) is 0 Å². The molecule has 0 aromatic heterocycles. The number of benzene rings is 2. The molecule has 2 aliphatic heterocycles. The number of carbonyl (C=O) groups excluding carboxylic acids is 2. The lowest BCUT2D eigenvalue weighted by molar-refractivity contribution is -0.142. The fraction of sp³-hybridized carbons (Fsp3) is 0.333. The van der Waals surface area contributed by atoms with E-state index >= 15 is 0 Å². The zero-order valence-corrected chi connectivity index (χ0v) is 17.3. The van der Waals surface area contributed by atoms with Crippen molar-refractivity contribution in [1.29, 1.82) is 0 Å². The van der Waals surface area contributed by atoms with Gasteiger partial charge in [-0.15, -0.1) is 11.8 Å². The highest BCUT2D eigenvalue weighted by Gasteiger charge is 2.36. The van der Waals surface area contributed by atoms with Crippen LogP contribution < -0.4 is 9.64 Å². The van der Waals surface area contributed by atoms with E-state index in [0.29, 0.717) is 42.8 Å². The molecule has 0 N–H and O–H groups in total. The lowest BCUT2D eigenvalue weighted by Crippen LogP contribution is -2.54. The second-order valence-electron chi connectivity index (χ2n) is 6.76. The third-order valence-corrected chi connectivity index (χ3v) is 6.10. The molecule has 6 nitrogen and oxygen atoms in total. The largest absolute Gasteiger partial charge is 0.476 e. The molecule has 1 fully saturated rings. The Morgan fingerprint density at radius 3 is 2.55 bits per heavy atom. The first-order valence-corrected chi connectivity index (χ1v) is 10.8. The molecular weight excluding hydrogens is 412 g/mol. The molecule has 2 aromatic carbocycles. The van der Waals surface area contributed by atoms with Crippen LogP contribution in [0, 0.1) is 0 Å². The van der Waals surface area contributed by atoms with Crippen molar-refractivity contribution in [2.24, 2.45) is 0 Å². The van der Waals surface area contributed by atoms with E-state index < -0.39 is 6.10 Å². The van der Waals surface area contributed by atoms with Crippen LogP contribution in [0.25, 0.3) is 0 Å². The van der Waals surface area contributed by atoms with Crippen molar-refractivity contribution in [2.75, 3.05) is 43.5 Å². The van der Waals surface area contributed by atoms with Crippen LogP contribution >= 0.6 is 23.4 Å². The molecule has 2 heterocycles. The smallest absolute Gasteiger partial charge is 0.265 e. The van der Waals surface area contributed by atoms with Gasteiger partial charge in [-0.1, -0.05) is 23.7 Å². The highest BCUT2D eigenvalue weighted by atomic mass is 35.5. The topological polar surface area (TPSA) is 59.1 Å². The Labute approximate surface area is 178 Å². The molecule has 4 rings (SSSR count). The summed E-state index contributed by atoms with van der Waals surface area (Å²) in [6.45, 7) is 2.33. The Morgan fingerprint density at radius 1 is 1.07 bits per heavy atom. The average molecular weight is 433 g/mol. The molecule has 152 valence electrons. The van der Waals surface area contributed by atoms with Crippen molar-refractivity contribution in [3.05, 3.63) is 53.6 Å². The molecule has 2 aromatic rings. The highest BCUT2D eigenvalue weighted by Crippen LogP contribution is 2.34. The van der Waals surface area contributed by atoms with Crippen molar-refractivity contribution in [3.63, 3.8) is 0 Å². The van der Waals surface area contributed by atoms with Gasteiger partial charge >= 0.3 is 0 Å². The van der Waals surface area contributed by atoms with E-state index in [0.717, 1.165) is 4.90 Å². The molecule has 0 spiro atoms. The molecule has 0 saturated carbocycles. The Balaban J connectivity index is 1.49. The van der Waals surface area contributed by atoms with Crippen molar-refractivity contribution < 1.29 is 19.1 Å². The number of fused-ring (bicyclic) bond motifs is 1. The summed E-state index contributed by atoms with van der Waals surface area (Å²) >= 11 is 7.36. The molecule has 2 amide bonds. The molecule has 1 atom stereocenters. The Bertz CT molecular complexity index is 887. The third kappa shape index (κ3) is 4.69. The van der Waals surface area contributed by atoms with Crippen LogP contribution in [-0.2, 0) is 14.3 Å². The van der Waals surface area contributed by atoms with E-state index in [4.69, 9.17) is 21.1 Å². The first-order chi connectivity index (χ1) is 14.1. The summed E-state index contributed by atoms with van der Waals surface area (Å²) in [6.07, 6.45) is -0.715. The van der Waals surface area contributed by atoms with Gasteiger partial charge in [-0.2, -0.15) is 0 Å². The fourth-order valence-electron chi connectivity index (χ4n) is 3.34. The predicted molar refractivity (Wildman–Crippen MR) is 113 cm³/mol. The SMILES string of the molecule is O=C(C1CN(C(=O)CSc2ccc(Cl)cc2)c2ccccc2O1)N1CCOCC1. The second-order valence-corrected chi connectivity index (χ2v) is 8.24. The van der Waals surface area contributed by atoms with E-state index in [9.17, 15) is 9.59 Å². The number of ether oxygens (including phenoxy) is 2. The van der Waals surface area contributed by atoms with Gasteiger partial charge in [0.15, 0.2) is 6.10 Å². The molecule has 0 aliphatic carbocycles. The lowest BCUT2D eigenvalue weighted by atomic mass is 10.1. The number of morpholine rings is 1. The van der Waals surface area contributed by atoms with Gasteiger partial charge in [0.2, 0.25) is 5.91 Å². The van der Waals surface area contributed by atoms with Crippen LogP contribution in [0.5, 0.6) is 5.75 Å². The van der Waals surface area contributed by atoms with Crippen LogP contribution in [0.2, 0.25) is 5.02 Å². The van der Waals surface area contributed by atoms with Gasteiger partial charge in [-0.3, -0.25) is 9.59 Å². The number of para-hydroxylation sites is 2. The van der Waals surface area contributed by atoms with Gasteiger partial charge in [-0.25, -0.2) is 0 Å². The van der Waals surface area contributed by atoms with Gasteiger partial charge in [0.25, 0.3) is 5.91 Å². The van der Waals surface area contributed by atoms with Gasteiger partial charge in [0, 0.05) is 23.0 Å². The van der Waals surface area contributed by atoms with E-state index in [1.54, 1.807) is 28.0 Å². The maximum atomic E-state index is 13.0. The molecule has 2 aliphatic rings. The highest BCUT2D eigenvalue weighted by molar-refractivity contribution is 8.00. The van der Waals surface area contributed by atoms with Crippen molar-refractivity contribution in [1.82, 2.24) is 4.90 Å². The third-order valence-electron chi connectivity index (χ3n) is 4.85. The fourth-order valence-corrected chi connectivity index (χ4v) is 4.24. The Kier molecular flexibility index (Phi) is 6.28. The molecule has 0 bridgehead atoms. The molecule has 1 unspecified atom stereocenters. The number of hydrogen-bond acceptors (Lipinski definition) is 5. The van der Waals surface area contributed by atoms with Crippen molar-refractivity contribution in [2.45, 2.75) is 11.0 Å². The summed E-state index contributed by atoms with van der Waals surface area (Å²) in [5, 5.41) is 0.659. The molecule has 29 heavy (non-hydrogen) atoms. The summed E-state index contributed by atoms with van der Waals surface area (Å²) < 4.78 is 11.3. The zero-order valence-electron chi connectivity index (χ0n) is 15.8. The number of nitrogens with zero attached hydrogens (tertiary/aromatic N) is 2. The number of hydrogen-bond donors (Lipinski definition) is 0. The van der Waals surface area contributed by atoms with Crippen LogP contribution in [0.1, 0.15) is 0 Å². The molecule has 1 saturated heterocycles. The standard InChI is InChI=1S/C21H21ClN2O4S/c22-15-5-7-16(8-6-15)29-14-20(25)24-13-19(21(26)23-9-11-27-12-10-23)28-18-4-2-1-3-17(18)24/h1-8,19H,9-14H2. The van der Waals surface area contributed by atoms with Crippen LogP contribution in [-0.4, -0.2) is 61.4 Å². The van der Waals surface area contributed by atoms with Crippen molar-refractivity contribution in [3.8, 4) is 5.75 Å². The number of thioether (sulfide) groups is 1. The zero-order chi connectivity index (χ0) is 20.2. The maximum Gasteiger partial charge on any atom is 0.265 e. The summed E-state index contributed by atoms with van der Waals surface area (Å²) in [5.74, 6) is 0.635. The van der Waals surface area contributed by atoms with E-state index in [1.807, 2.05) is 30.3 Å². The number of halogens is 1. The number of rotatable bonds is 4. The summed E-state index contributed by atoms with van der Waals surface area (Å²) in [5.41, 5.74) is 0.695. The minimum atomic E-state index is -0.715. The predicted octanol–water partition coefficient (Wildman–Crippen LogP) is 3.09. The molecular formula is C21H21ClN2O4S. The minimum absolute atomic E-state index is 0.0690. The van der Waals surface area contributed by atoms with Crippen molar-refractivity contribution >= 4 is 40.9 Å². The van der Waals surface area contributed by atoms with Gasteiger partial charge in [-0.05, 0) is 36.4 Å². The first kappa shape index (κ1) is 20.1. The van der Waals surface area contributed by atoms with Crippen LogP contribution in [0.3, 0.4) is 0 Å². The summed E-state index contributed by atoms with van der Waals surface area (Å²) in [7, 11) is 0. The van der Waals surface area contributed by atoms with Crippen LogP contribution in [0.15, 0.2) is 53.4 Å². The summed E-state index contributed by atoms with van der Waals surface area (Å²) in [6, 6.07) is 14.7. The monoisotopic (exact) mass is 432 g/mol. The number of anilines is 1. The lowest BCUT2D eigenvalue weighted by Gasteiger charge is -2.37. The normalized spacial score (nSPS) is 18.7. The molecule has 0 radical (unpaired) electrons. The number of amides is 2. The molecule has 8 heteroatoms. The maximum absolute atomic E-state index is 13.0. The summed E-state index contributed by atoms with van der Waals surface area (Å²) in [4.78, 5) is 30.3. The van der Waals surface area contributed by atoms with Crippen LogP contribution in [0.4, 0.5) is 5.69 Å². The van der Waals surface area contributed by atoms with Gasteiger partial charge in [0.05, 0.1) is 31.2 Å². The quantitative estimate of drug-likeness (QED) is 0.695. The first-order valence-electron chi connectivity index (χ1n) is 9.43. The minimum Gasteiger partial charge on any atom is -0.476 e. The second kappa shape index (κ2) is 9.07. The average Bonchev–Trinajstić information content (AvgIpc) is 2.78. The van der Waals surface area contributed by atoms with E-state index in [-0.39, 0.29) is 24.1 Å².